The van der Waals surface area contributed by atoms with Crippen LogP contribution in [0, 0.1) is 0 Å². The van der Waals surface area contributed by atoms with Crippen molar-refractivity contribution in [2.45, 2.75) is 45.1 Å². The van der Waals surface area contributed by atoms with Gasteiger partial charge in [0.2, 0.25) is 0 Å². The standard InChI is InChI=1S/C15H20O3/c1-2-17-15(16)11-12-7-9-14(10-8-12)18-13-5-3-4-6-13/h7-10,13H,2-6,11H2,1H3. The first-order valence-corrected chi connectivity index (χ1v) is 6.69. The quantitative estimate of drug-likeness (QED) is 0.751. The fourth-order valence-electron chi connectivity index (χ4n) is 2.26. The first-order chi connectivity index (χ1) is 8.78. The van der Waals surface area contributed by atoms with E-state index in [0.29, 0.717) is 19.1 Å². The highest BCUT2D eigenvalue weighted by Gasteiger charge is 2.16. The summed E-state index contributed by atoms with van der Waals surface area (Å²) in [4.78, 5) is 11.3. The van der Waals surface area contributed by atoms with E-state index in [0.717, 1.165) is 24.2 Å². The summed E-state index contributed by atoms with van der Waals surface area (Å²) in [6.07, 6.45) is 5.56. The molecule has 0 radical (unpaired) electrons. The van der Waals surface area contributed by atoms with E-state index in [4.69, 9.17) is 9.47 Å². The van der Waals surface area contributed by atoms with Crippen molar-refractivity contribution in [1.29, 1.82) is 0 Å². The van der Waals surface area contributed by atoms with Gasteiger partial charge in [-0.1, -0.05) is 12.1 Å². The number of ether oxygens (including phenoxy) is 2. The molecule has 1 saturated carbocycles. The number of carbonyl (C=O) groups excluding carboxylic acids is 1. The molecule has 0 spiro atoms. The second-order valence-electron chi connectivity index (χ2n) is 4.65. The zero-order valence-corrected chi connectivity index (χ0v) is 10.9. The Hall–Kier alpha value is -1.51. The van der Waals surface area contributed by atoms with E-state index in [-0.39, 0.29) is 5.97 Å². The second-order valence-corrected chi connectivity index (χ2v) is 4.65. The van der Waals surface area contributed by atoms with Gasteiger partial charge in [0.25, 0.3) is 0 Å². The summed E-state index contributed by atoms with van der Waals surface area (Å²) in [5.74, 6) is 0.719. The molecule has 1 aromatic rings. The fourth-order valence-corrected chi connectivity index (χ4v) is 2.26. The third-order valence-corrected chi connectivity index (χ3v) is 3.18. The third kappa shape index (κ3) is 3.76. The van der Waals surface area contributed by atoms with Gasteiger partial charge in [-0.25, -0.2) is 0 Å². The van der Waals surface area contributed by atoms with Gasteiger partial charge in [-0.2, -0.15) is 0 Å². The Balaban J connectivity index is 1.86. The van der Waals surface area contributed by atoms with Crippen molar-refractivity contribution < 1.29 is 14.3 Å². The molecule has 18 heavy (non-hydrogen) atoms. The van der Waals surface area contributed by atoms with Gasteiger partial charge in [0.1, 0.15) is 5.75 Å². The Kier molecular flexibility index (Phi) is 4.62. The van der Waals surface area contributed by atoms with Gasteiger partial charge in [-0.15, -0.1) is 0 Å². The van der Waals surface area contributed by atoms with Crippen LogP contribution in [0.4, 0.5) is 0 Å². The normalized spacial score (nSPS) is 15.6. The predicted octanol–water partition coefficient (Wildman–Crippen LogP) is 3.11. The molecule has 0 unspecified atom stereocenters. The highest BCUT2D eigenvalue weighted by molar-refractivity contribution is 5.72. The minimum absolute atomic E-state index is 0.179. The molecule has 0 bridgehead atoms. The van der Waals surface area contributed by atoms with E-state index in [1.165, 1.54) is 12.8 Å². The topological polar surface area (TPSA) is 35.5 Å². The van der Waals surface area contributed by atoms with E-state index in [2.05, 4.69) is 0 Å². The number of benzene rings is 1. The summed E-state index contributed by atoms with van der Waals surface area (Å²) >= 11 is 0. The lowest BCUT2D eigenvalue weighted by molar-refractivity contribution is -0.142. The van der Waals surface area contributed by atoms with Crippen molar-refractivity contribution in [2.24, 2.45) is 0 Å². The van der Waals surface area contributed by atoms with Crippen molar-refractivity contribution >= 4 is 5.97 Å². The molecular formula is C15H20O3. The highest BCUT2D eigenvalue weighted by Crippen LogP contribution is 2.24. The van der Waals surface area contributed by atoms with Crippen LogP contribution in [0.3, 0.4) is 0 Å². The third-order valence-electron chi connectivity index (χ3n) is 3.18. The van der Waals surface area contributed by atoms with Gasteiger partial charge in [0.15, 0.2) is 0 Å². The van der Waals surface area contributed by atoms with Crippen molar-refractivity contribution in [1.82, 2.24) is 0 Å². The molecule has 0 heterocycles. The first kappa shape index (κ1) is 12.9. The molecule has 3 nitrogen and oxygen atoms in total. The van der Waals surface area contributed by atoms with Gasteiger partial charge in [0, 0.05) is 0 Å². The van der Waals surface area contributed by atoms with Crippen LogP contribution in [0.2, 0.25) is 0 Å². The van der Waals surface area contributed by atoms with E-state index < -0.39 is 0 Å². The average molecular weight is 248 g/mol. The molecule has 0 saturated heterocycles. The van der Waals surface area contributed by atoms with Gasteiger partial charge in [0.05, 0.1) is 19.1 Å². The first-order valence-electron chi connectivity index (χ1n) is 6.69. The molecular weight excluding hydrogens is 228 g/mol. The largest absolute Gasteiger partial charge is 0.490 e. The van der Waals surface area contributed by atoms with Crippen LogP contribution in [-0.2, 0) is 16.0 Å². The molecule has 3 heteroatoms. The summed E-state index contributed by atoms with van der Waals surface area (Å²) in [7, 11) is 0. The summed E-state index contributed by atoms with van der Waals surface area (Å²) in [6.45, 7) is 2.25. The lowest BCUT2D eigenvalue weighted by Crippen LogP contribution is -2.11. The Morgan fingerprint density at radius 2 is 1.89 bits per heavy atom. The second kappa shape index (κ2) is 6.43. The lowest BCUT2D eigenvalue weighted by atomic mass is 10.1. The minimum Gasteiger partial charge on any atom is -0.490 e. The Morgan fingerprint density at radius 3 is 2.50 bits per heavy atom. The Bertz CT molecular complexity index is 377. The number of hydrogen-bond acceptors (Lipinski definition) is 3. The fraction of sp³-hybridized carbons (Fsp3) is 0.533. The molecule has 2 rings (SSSR count). The zero-order chi connectivity index (χ0) is 12.8. The number of esters is 1. The maximum Gasteiger partial charge on any atom is 0.310 e. The van der Waals surface area contributed by atoms with E-state index in [1.807, 2.05) is 31.2 Å². The van der Waals surface area contributed by atoms with Crippen molar-refractivity contribution in [3.63, 3.8) is 0 Å². The number of hydrogen-bond donors (Lipinski definition) is 0. The monoisotopic (exact) mass is 248 g/mol. The summed E-state index contributed by atoms with van der Waals surface area (Å²) in [5, 5.41) is 0. The van der Waals surface area contributed by atoms with Crippen molar-refractivity contribution in [3.8, 4) is 5.75 Å². The van der Waals surface area contributed by atoms with Crippen molar-refractivity contribution in [3.05, 3.63) is 29.8 Å². The van der Waals surface area contributed by atoms with Crippen LogP contribution in [0.15, 0.2) is 24.3 Å². The molecule has 0 aliphatic heterocycles. The maximum absolute atomic E-state index is 11.3. The Morgan fingerprint density at radius 1 is 1.22 bits per heavy atom. The maximum atomic E-state index is 11.3. The summed E-state index contributed by atoms with van der Waals surface area (Å²) in [5.41, 5.74) is 0.965. The van der Waals surface area contributed by atoms with Gasteiger partial charge < -0.3 is 9.47 Å². The predicted molar refractivity (Wildman–Crippen MR) is 69.7 cm³/mol. The van der Waals surface area contributed by atoms with E-state index in [9.17, 15) is 4.79 Å². The SMILES string of the molecule is CCOC(=O)Cc1ccc(OC2CCCC2)cc1. The molecule has 0 N–H and O–H groups in total. The molecule has 1 fully saturated rings. The van der Waals surface area contributed by atoms with Crippen LogP contribution in [-0.4, -0.2) is 18.7 Å². The van der Waals surface area contributed by atoms with Gasteiger partial charge in [-0.3, -0.25) is 4.79 Å². The molecule has 0 atom stereocenters. The Labute approximate surface area is 108 Å². The molecule has 0 amide bonds. The average Bonchev–Trinajstić information content (AvgIpc) is 2.85. The van der Waals surface area contributed by atoms with Crippen LogP contribution >= 0.6 is 0 Å². The highest BCUT2D eigenvalue weighted by atomic mass is 16.5. The number of carbonyl (C=O) groups is 1. The lowest BCUT2D eigenvalue weighted by Gasteiger charge is -2.13. The van der Waals surface area contributed by atoms with Crippen molar-refractivity contribution in [2.75, 3.05) is 6.61 Å². The van der Waals surface area contributed by atoms with Gasteiger partial charge in [-0.05, 0) is 50.3 Å². The van der Waals surface area contributed by atoms with E-state index >= 15 is 0 Å². The van der Waals surface area contributed by atoms with Gasteiger partial charge >= 0.3 is 5.97 Å². The smallest absolute Gasteiger partial charge is 0.310 e. The summed E-state index contributed by atoms with van der Waals surface area (Å²) in [6, 6.07) is 7.74. The molecule has 1 aliphatic carbocycles. The van der Waals surface area contributed by atoms with Crippen LogP contribution < -0.4 is 4.74 Å². The van der Waals surface area contributed by atoms with Crippen LogP contribution in [0.5, 0.6) is 5.75 Å². The van der Waals surface area contributed by atoms with Crippen LogP contribution in [0.1, 0.15) is 38.2 Å². The van der Waals surface area contributed by atoms with Crippen LogP contribution in [0.25, 0.3) is 0 Å². The zero-order valence-electron chi connectivity index (χ0n) is 10.9. The molecule has 1 aromatic carbocycles. The number of rotatable bonds is 5. The molecule has 0 aromatic heterocycles. The minimum atomic E-state index is -0.179. The molecule has 98 valence electrons. The van der Waals surface area contributed by atoms with E-state index in [1.54, 1.807) is 0 Å². The summed E-state index contributed by atoms with van der Waals surface area (Å²) < 4.78 is 10.8. The molecule has 1 aliphatic rings.